The molecule has 0 saturated carbocycles. The fraction of sp³-hybridized carbons (Fsp3) is 0.375. The van der Waals surface area contributed by atoms with E-state index in [2.05, 4.69) is 29.1 Å². The molecule has 0 aliphatic carbocycles. The number of aromatic nitrogens is 2. The minimum absolute atomic E-state index is 0.311. The first-order valence-corrected chi connectivity index (χ1v) is 6.95. The summed E-state index contributed by atoms with van der Waals surface area (Å²) in [5, 5.41) is 3.31. The lowest BCUT2D eigenvalue weighted by atomic mass is 10.2. The summed E-state index contributed by atoms with van der Waals surface area (Å²) in [5.41, 5.74) is 2.13. The quantitative estimate of drug-likeness (QED) is 0.884. The van der Waals surface area contributed by atoms with Crippen LogP contribution >= 0.6 is 0 Å². The maximum atomic E-state index is 5.67. The number of aryl methyl sites for hydroxylation is 1. The Balaban J connectivity index is 2.06. The predicted molar refractivity (Wildman–Crippen MR) is 81.8 cm³/mol. The van der Waals surface area contributed by atoms with Crippen LogP contribution in [0.25, 0.3) is 0 Å². The predicted octanol–water partition coefficient (Wildman–Crippen LogP) is 3.08. The van der Waals surface area contributed by atoms with Crippen LogP contribution in [-0.2, 0) is 6.54 Å². The second-order valence-electron chi connectivity index (χ2n) is 5.17. The van der Waals surface area contributed by atoms with Crippen LogP contribution in [0.2, 0.25) is 0 Å². The summed E-state index contributed by atoms with van der Waals surface area (Å²) in [7, 11) is 1.61. The van der Waals surface area contributed by atoms with Gasteiger partial charge in [0.2, 0.25) is 0 Å². The molecule has 5 heteroatoms. The van der Waals surface area contributed by atoms with E-state index in [0.29, 0.717) is 23.6 Å². The summed E-state index contributed by atoms with van der Waals surface area (Å²) in [6, 6.07) is 6.46. The van der Waals surface area contributed by atoms with Crippen molar-refractivity contribution in [2.45, 2.75) is 33.4 Å². The third-order valence-corrected chi connectivity index (χ3v) is 2.92. The first-order valence-electron chi connectivity index (χ1n) is 6.95. The van der Waals surface area contributed by atoms with E-state index in [9.17, 15) is 0 Å². The fourth-order valence-electron chi connectivity index (χ4n) is 1.77. The van der Waals surface area contributed by atoms with Crippen LogP contribution in [0.1, 0.15) is 25.0 Å². The second-order valence-corrected chi connectivity index (χ2v) is 5.17. The molecule has 21 heavy (non-hydrogen) atoms. The van der Waals surface area contributed by atoms with Gasteiger partial charge in [-0.25, -0.2) is 9.97 Å². The SMILES string of the molecule is COc1cc(C)ccc1Oc1ncc(CNC(C)C)cn1. The Labute approximate surface area is 125 Å². The molecule has 1 heterocycles. The zero-order valence-corrected chi connectivity index (χ0v) is 12.9. The zero-order valence-electron chi connectivity index (χ0n) is 12.9. The Bertz CT molecular complexity index is 583. The normalized spacial score (nSPS) is 10.7. The fourth-order valence-corrected chi connectivity index (χ4v) is 1.77. The van der Waals surface area contributed by atoms with Crippen molar-refractivity contribution in [3.8, 4) is 17.5 Å². The van der Waals surface area contributed by atoms with Crippen molar-refractivity contribution in [2.24, 2.45) is 0 Å². The van der Waals surface area contributed by atoms with E-state index in [1.165, 1.54) is 0 Å². The minimum Gasteiger partial charge on any atom is -0.493 e. The Kier molecular flexibility index (Phi) is 5.11. The number of ether oxygens (including phenoxy) is 2. The molecule has 0 aliphatic heterocycles. The van der Waals surface area contributed by atoms with Gasteiger partial charge in [-0.15, -0.1) is 0 Å². The molecule has 2 aromatic rings. The zero-order chi connectivity index (χ0) is 15.2. The average molecular weight is 287 g/mol. The van der Waals surface area contributed by atoms with Gasteiger partial charge in [0.05, 0.1) is 7.11 Å². The molecular weight excluding hydrogens is 266 g/mol. The molecule has 2 rings (SSSR count). The Morgan fingerprint density at radius 1 is 1.14 bits per heavy atom. The third kappa shape index (κ3) is 4.43. The summed E-state index contributed by atoms with van der Waals surface area (Å²) < 4.78 is 11.0. The number of hydrogen-bond acceptors (Lipinski definition) is 5. The molecule has 0 atom stereocenters. The highest BCUT2D eigenvalue weighted by Crippen LogP contribution is 2.30. The highest BCUT2D eigenvalue weighted by molar-refractivity contribution is 5.43. The highest BCUT2D eigenvalue weighted by atomic mass is 16.5. The monoisotopic (exact) mass is 287 g/mol. The van der Waals surface area contributed by atoms with Gasteiger partial charge >= 0.3 is 6.01 Å². The van der Waals surface area contributed by atoms with Crippen molar-refractivity contribution in [3.63, 3.8) is 0 Å². The van der Waals surface area contributed by atoms with E-state index in [4.69, 9.17) is 9.47 Å². The molecule has 1 aromatic heterocycles. The number of benzene rings is 1. The van der Waals surface area contributed by atoms with Gasteiger partial charge in [-0.05, 0) is 24.6 Å². The largest absolute Gasteiger partial charge is 0.493 e. The van der Waals surface area contributed by atoms with Gasteiger partial charge in [0.25, 0.3) is 0 Å². The van der Waals surface area contributed by atoms with Crippen molar-refractivity contribution in [3.05, 3.63) is 41.7 Å². The number of nitrogens with zero attached hydrogens (tertiary/aromatic N) is 2. The van der Waals surface area contributed by atoms with Gasteiger partial charge in [0, 0.05) is 30.5 Å². The van der Waals surface area contributed by atoms with Crippen LogP contribution in [0.4, 0.5) is 0 Å². The van der Waals surface area contributed by atoms with Gasteiger partial charge in [0.15, 0.2) is 11.5 Å². The highest BCUT2D eigenvalue weighted by Gasteiger charge is 2.07. The summed E-state index contributed by atoms with van der Waals surface area (Å²) in [6.45, 7) is 6.94. The summed E-state index contributed by atoms with van der Waals surface area (Å²) in [4.78, 5) is 8.44. The maximum Gasteiger partial charge on any atom is 0.322 e. The standard InChI is InChI=1S/C16H21N3O2/c1-11(2)17-8-13-9-18-16(19-10-13)21-14-6-5-12(3)7-15(14)20-4/h5-7,9-11,17H,8H2,1-4H3. The molecule has 1 aromatic carbocycles. The van der Waals surface area contributed by atoms with Crippen LogP contribution in [0.15, 0.2) is 30.6 Å². The van der Waals surface area contributed by atoms with E-state index in [1.54, 1.807) is 19.5 Å². The van der Waals surface area contributed by atoms with E-state index in [1.807, 2.05) is 25.1 Å². The summed E-state index contributed by atoms with van der Waals surface area (Å²) in [5.74, 6) is 1.28. The Hall–Kier alpha value is -2.14. The van der Waals surface area contributed by atoms with Crippen molar-refractivity contribution >= 4 is 0 Å². The third-order valence-electron chi connectivity index (χ3n) is 2.92. The number of hydrogen-bond donors (Lipinski definition) is 1. The molecular formula is C16H21N3O2. The lowest BCUT2D eigenvalue weighted by Crippen LogP contribution is -2.21. The summed E-state index contributed by atoms with van der Waals surface area (Å²) in [6.07, 6.45) is 3.52. The molecule has 0 spiro atoms. The average Bonchev–Trinajstić information content (AvgIpc) is 2.48. The molecule has 0 amide bonds. The van der Waals surface area contributed by atoms with Gasteiger partial charge in [-0.1, -0.05) is 19.9 Å². The van der Waals surface area contributed by atoms with E-state index < -0.39 is 0 Å². The molecule has 112 valence electrons. The van der Waals surface area contributed by atoms with E-state index >= 15 is 0 Å². The number of methoxy groups -OCH3 is 1. The van der Waals surface area contributed by atoms with Gasteiger partial charge in [-0.3, -0.25) is 0 Å². The topological polar surface area (TPSA) is 56.3 Å². The molecule has 0 fully saturated rings. The van der Waals surface area contributed by atoms with Crippen LogP contribution in [0.5, 0.6) is 17.5 Å². The first kappa shape index (κ1) is 15.3. The van der Waals surface area contributed by atoms with Gasteiger partial charge < -0.3 is 14.8 Å². The molecule has 0 unspecified atom stereocenters. The first-order chi connectivity index (χ1) is 10.1. The number of nitrogens with one attached hydrogen (secondary N) is 1. The van der Waals surface area contributed by atoms with E-state index in [-0.39, 0.29) is 0 Å². The molecule has 0 saturated heterocycles. The second kappa shape index (κ2) is 7.04. The lowest BCUT2D eigenvalue weighted by Gasteiger charge is -2.10. The Morgan fingerprint density at radius 3 is 2.48 bits per heavy atom. The van der Waals surface area contributed by atoms with Crippen LogP contribution in [0.3, 0.4) is 0 Å². The van der Waals surface area contributed by atoms with Crippen molar-refractivity contribution in [1.29, 1.82) is 0 Å². The minimum atomic E-state index is 0.311. The van der Waals surface area contributed by atoms with Gasteiger partial charge in [-0.2, -0.15) is 0 Å². The van der Waals surface area contributed by atoms with Gasteiger partial charge in [0.1, 0.15) is 0 Å². The molecule has 0 radical (unpaired) electrons. The Morgan fingerprint density at radius 2 is 1.86 bits per heavy atom. The maximum absolute atomic E-state index is 5.67. The van der Waals surface area contributed by atoms with Crippen molar-refractivity contribution < 1.29 is 9.47 Å². The number of rotatable bonds is 6. The molecule has 1 N–H and O–H groups in total. The lowest BCUT2D eigenvalue weighted by molar-refractivity contribution is 0.367. The summed E-state index contributed by atoms with van der Waals surface area (Å²) >= 11 is 0. The molecule has 5 nitrogen and oxygen atoms in total. The van der Waals surface area contributed by atoms with E-state index in [0.717, 1.165) is 17.7 Å². The van der Waals surface area contributed by atoms with Crippen LogP contribution < -0.4 is 14.8 Å². The smallest absolute Gasteiger partial charge is 0.322 e. The van der Waals surface area contributed by atoms with Crippen molar-refractivity contribution in [1.82, 2.24) is 15.3 Å². The van der Waals surface area contributed by atoms with Crippen LogP contribution in [-0.4, -0.2) is 23.1 Å². The molecule has 0 aliphatic rings. The van der Waals surface area contributed by atoms with Crippen molar-refractivity contribution in [2.75, 3.05) is 7.11 Å². The van der Waals surface area contributed by atoms with Crippen LogP contribution in [0, 0.1) is 6.92 Å². The molecule has 0 bridgehead atoms.